The Kier molecular flexibility index (Phi) is 3.09. The molecule has 5 heteroatoms. The van der Waals surface area contributed by atoms with Crippen LogP contribution in [0.5, 0.6) is 11.5 Å². The van der Waals surface area contributed by atoms with E-state index < -0.39 is 0 Å². The van der Waals surface area contributed by atoms with Crippen molar-refractivity contribution >= 4 is 0 Å². The van der Waals surface area contributed by atoms with Crippen LogP contribution in [0.4, 0.5) is 0 Å². The predicted octanol–water partition coefficient (Wildman–Crippen LogP) is 1.45. The Bertz CT molecular complexity index is 578. The summed E-state index contributed by atoms with van der Waals surface area (Å²) >= 11 is 0. The van der Waals surface area contributed by atoms with Gasteiger partial charge >= 0.3 is 0 Å². The van der Waals surface area contributed by atoms with Crippen LogP contribution in [0.25, 0.3) is 11.1 Å². The molecule has 5 nitrogen and oxygen atoms in total. The first kappa shape index (κ1) is 11.2. The van der Waals surface area contributed by atoms with Gasteiger partial charge in [-0.05, 0) is 6.07 Å². The third-order valence-corrected chi connectivity index (χ3v) is 2.38. The van der Waals surface area contributed by atoms with Crippen LogP contribution in [0.3, 0.4) is 0 Å². The van der Waals surface area contributed by atoms with Crippen molar-refractivity contribution < 1.29 is 9.47 Å². The van der Waals surface area contributed by atoms with E-state index in [1.807, 2.05) is 12.1 Å². The number of aromatic amines is 1. The first-order valence-electron chi connectivity index (χ1n) is 5.02. The Labute approximate surface area is 98.0 Å². The van der Waals surface area contributed by atoms with Crippen LogP contribution in [0.2, 0.25) is 0 Å². The fourth-order valence-corrected chi connectivity index (χ4v) is 1.64. The summed E-state index contributed by atoms with van der Waals surface area (Å²) in [7, 11) is 3.12. The lowest BCUT2D eigenvalue weighted by Gasteiger charge is -2.11. The Balaban J connectivity index is 2.63. The molecule has 0 aliphatic rings. The normalized spacial score (nSPS) is 10.0. The molecule has 0 fully saturated rings. The minimum atomic E-state index is -0.257. The molecule has 1 N–H and O–H groups in total. The average Bonchev–Trinajstić information content (AvgIpc) is 2.37. The number of nitrogens with zero attached hydrogens (tertiary/aromatic N) is 1. The molecule has 1 aromatic heterocycles. The summed E-state index contributed by atoms with van der Waals surface area (Å²) in [6.07, 6.45) is 1.57. The standard InChI is InChI=1S/C12H12N2O3/c1-16-10-5-3-4-9(12(10)17-2)8-6-11(15)14-13-7-8/h3-7H,1-2H3,(H,14,15). The molecule has 1 heterocycles. The van der Waals surface area contributed by atoms with Gasteiger partial charge in [0.1, 0.15) is 0 Å². The molecule has 1 aromatic carbocycles. The summed E-state index contributed by atoms with van der Waals surface area (Å²) in [5.74, 6) is 1.20. The average molecular weight is 232 g/mol. The van der Waals surface area contributed by atoms with Crippen LogP contribution in [0, 0.1) is 0 Å². The van der Waals surface area contributed by atoms with E-state index in [-0.39, 0.29) is 5.56 Å². The van der Waals surface area contributed by atoms with E-state index in [0.717, 1.165) is 5.56 Å². The second kappa shape index (κ2) is 4.69. The summed E-state index contributed by atoms with van der Waals surface area (Å²) in [4.78, 5) is 11.2. The predicted molar refractivity (Wildman–Crippen MR) is 63.4 cm³/mol. The molecule has 2 aromatic rings. The van der Waals surface area contributed by atoms with Crippen molar-refractivity contribution in [2.75, 3.05) is 14.2 Å². The van der Waals surface area contributed by atoms with Crippen LogP contribution in [0.1, 0.15) is 0 Å². The van der Waals surface area contributed by atoms with Gasteiger partial charge in [0.25, 0.3) is 5.56 Å². The maximum absolute atomic E-state index is 11.2. The number of H-pyrrole nitrogens is 1. The first-order valence-corrected chi connectivity index (χ1v) is 5.02. The molecule has 0 spiro atoms. The van der Waals surface area contributed by atoms with Crippen LogP contribution in [0.15, 0.2) is 35.3 Å². The van der Waals surface area contributed by atoms with E-state index in [0.29, 0.717) is 17.1 Å². The van der Waals surface area contributed by atoms with Crippen molar-refractivity contribution in [3.05, 3.63) is 40.8 Å². The maximum Gasteiger partial charge on any atom is 0.264 e. The number of aromatic nitrogens is 2. The molecule has 0 saturated heterocycles. The Morgan fingerprint density at radius 1 is 1.24 bits per heavy atom. The van der Waals surface area contributed by atoms with Gasteiger partial charge in [-0.25, -0.2) is 5.10 Å². The molecule has 0 aliphatic carbocycles. The van der Waals surface area contributed by atoms with Gasteiger partial charge in [0.15, 0.2) is 11.5 Å². The molecule has 2 rings (SSSR count). The van der Waals surface area contributed by atoms with Gasteiger partial charge in [-0.1, -0.05) is 12.1 Å². The molecule has 88 valence electrons. The second-order valence-corrected chi connectivity index (χ2v) is 3.38. The number of methoxy groups -OCH3 is 2. The molecule has 0 aliphatic heterocycles. The van der Waals surface area contributed by atoms with E-state index >= 15 is 0 Å². The summed E-state index contributed by atoms with van der Waals surface area (Å²) in [5, 5.41) is 6.09. The van der Waals surface area contributed by atoms with Crippen molar-refractivity contribution in [1.29, 1.82) is 0 Å². The summed E-state index contributed by atoms with van der Waals surface area (Å²) in [6, 6.07) is 6.93. The quantitative estimate of drug-likeness (QED) is 0.870. The first-order chi connectivity index (χ1) is 8.26. The number of hydrogen-bond donors (Lipinski definition) is 1. The van der Waals surface area contributed by atoms with Crippen LogP contribution >= 0.6 is 0 Å². The van der Waals surface area contributed by atoms with Gasteiger partial charge in [-0.3, -0.25) is 4.79 Å². The van der Waals surface area contributed by atoms with Crippen molar-refractivity contribution in [1.82, 2.24) is 10.2 Å². The van der Waals surface area contributed by atoms with Crippen LogP contribution in [-0.4, -0.2) is 24.4 Å². The highest BCUT2D eigenvalue weighted by molar-refractivity contribution is 5.72. The van der Waals surface area contributed by atoms with Crippen molar-refractivity contribution in [2.45, 2.75) is 0 Å². The second-order valence-electron chi connectivity index (χ2n) is 3.38. The Morgan fingerprint density at radius 3 is 2.71 bits per heavy atom. The fourth-order valence-electron chi connectivity index (χ4n) is 1.64. The minimum absolute atomic E-state index is 0.257. The lowest BCUT2D eigenvalue weighted by Crippen LogP contribution is -2.06. The number of para-hydroxylation sites is 1. The number of hydrogen-bond acceptors (Lipinski definition) is 4. The summed E-state index contributed by atoms with van der Waals surface area (Å²) in [6.45, 7) is 0. The molecule has 0 bridgehead atoms. The van der Waals surface area contributed by atoms with E-state index in [9.17, 15) is 4.79 Å². The monoisotopic (exact) mass is 232 g/mol. The third kappa shape index (κ3) is 2.13. The topological polar surface area (TPSA) is 64.2 Å². The summed E-state index contributed by atoms with van der Waals surface area (Å²) in [5.41, 5.74) is 1.20. The highest BCUT2D eigenvalue weighted by Gasteiger charge is 2.11. The van der Waals surface area contributed by atoms with Crippen LogP contribution in [-0.2, 0) is 0 Å². The fraction of sp³-hybridized carbons (Fsp3) is 0.167. The lowest BCUT2D eigenvalue weighted by molar-refractivity contribution is 0.356. The van der Waals surface area contributed by atoms with Crippen molar-refractivity contribution in [3.63, 3.8) is 0 Å². The van der Waals surface area contributed by atoms with Crippen LogP contribution < -0.4 is 15.0 Å². The zero-order chi connectivity index (χ0) is 12.3. The van der Waals surface area contributed by atoms with Gasteiger partial charge in [0.05, 0.1) is 20.4 Å². The number of rotatable bonds is 3. The lowest BCUT2D eigenvalue weighted by atomic mass is 10.1. The molecule has 0 atom stereocenters. The van der Waals surface area contributed by atoms with E-state index in [2.05, 4.69) is 10.2 Å². The van der Waals surface area contributed by atoms with Crippen molar-refractivity contribution in [2.24, 2.45) is 0 Å². The van der Waals surface area contributed by atoms with Gasteiger partial charge in [-0.15, -0.1) is 0 Å². The highest BCUT2D eigenvalue weighted by Crippen LogP contribution is 2.36. The smallest absolute Gasteiger partial charge is 0.264 e. The maximum atomic E-state index is 11.2. The number of nitrogens with one attached hydrogen (secondary N) is 1. The number of ether oxygens (including phenoxy) is 2. The molecule has 0 saturated carbocycles. The minimum Gasteiger partial charge on any atom is -0.493 e. The van der Waals surface area contributed by atoms with E-state index in [4.69, 9.17) is 9.47 Å². The molecule has 0 amide bonds. The zero-order valence-electron chi connectivity index (χ0n) is 9.56. The SMILES string of the molecule is COc1cccc(-c2cn[nH]c(=O)c2)c1OC. The molecular weight excluding hydrogens is 220 g/mol. The van der Waals surface area contributed by atoms with Crippen molar-refractivity contribution in [3.8, 4) is 22.6 Å². The highest BCUT2D eigenvalue weighted by atomic mass is 16.5. The Hall–Kier alpha value is -2.30. The summed E-state index contributed by atoms with van der Waals surface area (Å²) < 4.78 is 10.5. The van der Waals surface area contributed by atoms with E-state index in [1.165, 1.54) is 6.07 Å². The molecule has 17 heavy (non-hydrogen) atoms. The van der Waals surface area contributed by atoms with Gasteiger partial charge in [0.2, 0.25) is 0 Å². The van der Waals surface area contributed by atoms with Gasteiger partial charge in [-0.2, -0.15) is 5.10 Å². The van der Waals surface area contributed by atoms with Gasteiger partial charge < -0.3 is 9.47 Å². The largest absolute Gasteiger partial charge is 0.493 e. The number of benzene rings is 1. The third-order valence-electron chi connectivity index (χ3n) is 2.38. The zero-order valence-corrected chi connectivity index (χ0v) is 9.56. The molecule has 0 radical (unpaired) electrons. The molecular formula is C12H12N2O3. The molecule has 0 unspecified atom stereocenters. The van der Waals surface area contributed by atoms with Gasteiger partial charge in [0, 0.05) is 17.2 Å². The Morgan fingerprint density at radius 2 is 2.06 bits per heavy atom. The van der Waals surface area contributed by atoms with E-state index in [1.54, 1.807) is 26.5 Å².